The van der Waals surface area contributed by atoms with Crippen molar-refractivity contribution in [2.75, 3.05) is 0 Å². The van der Waals surface area contributed by atoms with Gasteiger partial charge in [0.15, 0.2) is 5.82 Å². The van der Waals surface area contributed by atoms with Crippen LogP contribution in [0.2, 0.25) is 0 Å². The first-order chi connectivity index (χ1) is 11.7. The highest BCUT2D eigenvalue weighted by Gasteiger charge is 2.09. The van der Waals surface area contributed by atoms with Gasteiger partial charge in [-0.2, -0.15) is 5.10 Å². The molecule has 3 nitrogen and oxygen atoms in total. The normalized spacial score (nSPS) is 15.8. The highest BCUT2D eigenvalue weighted by atomic mass is 15.3. The van der Waals surface area contributed by atoms with E-state index in [4.69, 9.17) is 6.85 Å². The Morgan fingerprint density at radius 3 is 2.55 bits per heavy atom. The summed E-state index contributed by atoms with van der Waals surface area (Å²) in [5, 5.41) is 3.90. The lowest BCUT2D eigenvalue weighted by Gasteiger charge is -2.06. The summed E-state index contributed by atoms with van der Waals surface area (Å²) in [6, 6.07) is 17.1. The lowest BCUT2D eigenvalue weighted by molar-refractivity contribution is 0.660. The summed E-state index contributed by atoms with van der Waals surface area (Å²) in [5.41, 5.74) is 2.54. The van der Waals surface area contributed by atoms with Crippen LogP contribution in [0, 0.1) is 6.85 Å². The van der Waals surface area contributed by atoms with Crippen LogP contribution in [0.5, 0.6) is 0 Å². The van der Waals surface area contributed by atoms with Crippen LogP contribution in [-0.2, 0) is 6.50 Å². The molecule has 0 unspecified atom stereocenters. The molecule has 20 heavy (non-hydrogen) atoms. The summed E-state index contributed by atoms with van der Waals surface area (Å²) >= 11 is 0. The minimum atomic E-state index is -2.50. The largest absolute Gasteiger partial charge is 0.246 e. The summed E-state index contributed by atoms with van der Waals surface area (Å²) in [6.07, 6.45) is 0. The zero-order chi connectivity index (χ0) is 18.2. The second-order valence-corrected chi connectivity index (χ2v) is 4.34. The van der Waals surface area contributed by atoms with E-state index >= 15 is 0 Å². The summed E-state index contributed by atoms with van der Waals surface area (Å²) in [5.74, 6) is -0.172. The Hall–Kier alpha value is -2.42. The fourth-order valence-corrected chi connectivity index (χ4v) is 2.12. The maximum Gasteiger partial charge on any atom is 0.158 e. The number of hydrogen-bond donors (Lipinski definition) is 0. The van der Waals surface area contributed by atoms with Gasteiger partial charge in [-0.15, -0.1) is 0 Å². The minimum Gasteiger partial charge on any atom is -0.246 e. The number of aryl methyl sites for hydroxylation is 2. The third-order valence-corrected chi connectivity index (χ3v) is 3.05. The lowest BCUT2D eigenvalue weighted by atomic mass is 10.0. The Kier molecular flexibility index (Phi) is 2.12. The van der Waals surface area contributed by atoms with E-state index in [-0.39, 0.29) is 11.6 Å². The van der Waals surface area contributed by atoms with Gasteiger partial charge in [0.1, 0.15) is 5.82 Å². The van der Waals surface area contributed by atoms with Gasteiger partial charge in [-0.1, -0.05) is 48.5 Å². The minimum absolute atomic E-state index is 0.191. The van der Waals surface area contributed by atoms with Crippen molar-refractivity contribution in [1.82, 2.24) is 14.8 Å². The number of benzene rings is 2. The van der Waals surface area contributed by atoms with E-state index in [1.54, 1.807) is 6.07 Å². The molecular weight excluding hydrogens is 246 g/mol. The third-order valence-electron chi connectivity index (χ3n) is 3.05. The van der Waals surface area contributed by atoms with E-state index in [2.05, 4.69) is 10.1 Å². The van der Waals surface area contributed by atoms with Gasteiger partial charge in [-0.05, 0) is 31.0 Å². The van der Waals surface area contributed by atoms with Gasteiger partial charge in [0.2, 0.25) is 0 Å². The number of nitrogens with zero attached hydrogens (tertiary/aromatic N) is 3. The average molecular weight is 268 g/mol. The van der Waals surface area contributed by atoms with Crippen LogP contribution < -0.4 is 0 Å². The maximum absolute atomic E-state index is 7.94. The third kappa shape index (κ3) is 2.35. The molecule has 0 atom stereocenters. The van der Waals surface area contributed by atoms with Gasteiger partial charge in [-0.25, -0.2) is 9.67 Å². The number of aromatic nitrogens is 3. The molecule has 3 rings (SSSR count). The number of rotatable bonds is 3. The van der Waals surface area contributed by atoms with Crippen molar-refractivity contribution in [3.05, 3.63) is 60.4 Å². The molecule has 100 valence electrons. The van der Waals surface area contributed by atoms with E-state index in [1.807, 2.05) is 48.5 Å². The molecular formula is C17H17N3. The molecule has 0 bridgehead atoms. The average Bonchev–Trinajstić information content (AvgIpc) is 3.02. The first-order valence-electron chi connectivity index (χ1n) is 8.80. The zero-order valence-electron chi connectivity index (χ0n) is 16.0. The summed E-state index contributed by atoms with van der Waals surface area (Å²) < 4.78 is 39.4. The van der Waals surface area contributed by atoms with Crippen LogP contribution in [0.15, 0.2) is 54.6 Å². The van der Waals surface area contributed by atoms with Crippen molar-refractivity contribution >= 4 is 0 Å². The Labute approximate surface area is 125 Å². The molecule has 2 aromatic carbocycles. The molecule has 0 aliphatic heterocycles. The molecule has 3 aromatic rings. The quantitative estimate of drug-likeness (QED) is 0.720. The molecule has 1 heterocycles. The standard InChI is InChI=1S/C17H17N3/c1-3-20-17(18-13(2)19-20)16-11-7-10-15(12-16)14-8-5-4-6-9-14/h4-12H,3H2,1-2H3/i2D3,3D2. The lowest BCUT2D eigenvalue weighted by Crippen LogP contribution is -1.99. The highest BCUT2D eigenvalue weighted by molar-refractivity contribution is 5.70. The molecule has 0 radical (unpaired) electrons. The van der Waals surface area contributed by atoms with Crippen molar-refractivity contribution in [3.8, 4) is 22.5 Å². The SMILES string of the molecule is [2H]C([2H])([2H])c1nc(-c2cccc(-c3ccccc3)c2)n(C([2H])([2H])C)n1. The van der Waals surface area contributed by atoms with Crippen molar-refractivity contribution in [2.24, 2.45) is 0 Å². The van der Waals surface area contributed by atoms with Crippen LogP contribution in [0.1, 0.15) is 19.6 Å². The molecule has 0 amide bonds. The van der Waals surface area contributed by atoms with E-state index in [0.717, 1.165) is 15.8 Å². The van der Waals surface area contributed by atoms with E-state index in [9.17, 15) is 0 Å². The summed E-state index contributed by atoms with van der Waals surface area (Å²) in [4.78, 5) is 4.10. The van der Waals surface area contributed by atoms with Gasteiger partial charge in [0.05, 0.1) is 2.74 Å². The Morgan fingerprint density at radius 1 is 1.05 bits per heavy atom. The van der Waals surface area contributed by atoms with Crippen LogP contribution in [0.3, 0.4) is 0 Å². The highest BCUT2D eigenvalue weighted by Crippen LogP contribution is 2.25. The van der Waals surface area contributed by atoms with Gasteiger partial charge in [0, 0.05) is 16.2 Å². The molecule has 0 aliphatic carbocycles. The van der Waals surface area contributed by atoms with Gasteiger partial charge in [0.25, 0.3) is 0 Å². The molecule has 0 spiro atoms. The second-order valence-electron chi connectivity index (χ2n) is 4.34. The summed E-state index contributed by atoms with van der Waals surface area (Å²) in [6.45, 7) is -3.06. The fourth-order valence-electron chi connectivity index (χ4n) is 2.12. The number of hydrogen-bond acceptors (Lipinski definition) is 2. The zero-order valence-corrected chi connectivity index (χ0v) is 11.0. The van der Waals surface area contributed by atoms with Crippen LogP contribution in [-0.4, -0.2) is 14.8 Å². The van der Waals surface area contributed by atoms with Gasteiger partial charge >= 0.3 is 0 Å². The van der Waals surface area contributed by atoms with E-state index in [1.165, 1.54) is 6.92 Å². The predicted octanol–water partition coefficient (Wildman–Crippen LogP) is 3.94. The van der Waals surface area contributed by atoms with Crippen LogP contribution in [0.25, 0.3) is 22.5 Å². The molecule has 0 aliphatic rings. The van der Waals surface area contributed by atoms with E-state index in [0.29, 0.717) is 5.56 Å². The Bertz CT molecular complexity index is 879. The first kappa shape index (κ1) is 8.00. The Balaban J connectivity index is 2.15. The molecule has 3 heteroatoms. The predicted molar refractivity (Wildman–Crippen MR) is 81.3 cm³/mol. The summed E-state index contributed by atoms with van der Waals surface area (Å²) in [7, 11) is 0. The molecule has 0 saturated heterocycles. The van der Waals surface area contributed by atoms with Crippen LogP contribution in [0.4, 0.5) is 0 Å². The maximum atomic E-state index is 7.94. The molecule has 0 N–H and O–H groups in total. The fraction of sp³-hybridized carbons (Fsp3) is 0.176. The van der Waals surface area contributed by atoms with Crippen LogP contribution >= 0.6 is 0 Å². The molecule has 1 aromatic heterocycles. The van der Waals surface area contributed by atoms with Gasteiger partial charge < -0.3 is 0 Å². The van der Waals surface area contributed by atoms with Gasteiger partial charge in [-0.3, -0.25) is 0 Å². The smallest absolute Gasteiger partial charge is 0.158 e. The van der Waals surface area contributed by atoms with E-state index < -0.39 is 13.3 Å². The molecule has 0 fully saturated rings. The van der Waals surface area contributed by atoms with Crippen molar-refractivity contribution in [2.45, 2.75) is 20.3 Å². The van der Waals surface area contributed by atoms with Crippen molar-refractivity contribution in [1.29, 1.82) is 0 Å². The van der Waals surface area contributed by atoms with Crippen molar-refractivity contribution in [3.63, 3.8) is 0 Å². The molecule has 0 saturated carbocycles. The second kappa shape index (κ2) is 5.29. The van der Waals surface area contributed by atoms with Crippen molar-refractivity contribution < 1.29 is 6.85 Å². The topological polar surface area (TPSA) is 30.7 Å². The monoisotopic (exact) mass is 268 g/mol. The first-order valence-corrected chi connectivity index (χ1v) is 6.30. The Morgan fingerprint density at radius 2 is 1.80 bits per heavy atom.